The Balaban J connectivity index is 2.04. The van der Waals surface area contributed by atoms with Crippen LogP contribution in [0.2, 0.25) is 0 Å². The van der Waals surface area contributed by atoms with Gasteiger partial charge in [-0.2, -0.15) is 5.10 Å². The number of carbonyl (C=O) groups is 1. The van der Waals surface area contributed by atoms with Crippen molar-refractivity contribution < 1.29 is 22.3 Å². The van der Waals surface area contributed by atoms with Gasteiger partial charge in [0.05, 0.1) is 30.1 Å². The number of carbonyl (C=O) groups excluding carboxylic acids is 1. The summed E-state index contributed by atoms with van der Waals surface area (Å²) in [5.41, 5.74) is 0.614. The molecule has 0 atom stereocenters. The van der Waals surface area contributed by atoms with Crippen LogP contribution in [0.4, 0.5) is 10.1 Å². The highest BCUT2D eigenvalue weighted by molar-refractivity contribution is 7.92. The summed E-state index contributed by atoms with van der Waals surface area (Å²) in [6.07, 6.45) is 1.59. The van der Waals surface area contributed by atoms with Gasteiger partial charge in [-0.15, -0.1) is 0 Å². The van der Waals surface area contributed by atoms with Crippen molar-refractivity contribution in [3.63, 3.8) is 0 Å². The molecule has 0 bridgehead atoms. The highest BCUT2D eigenvalue weighted by Crippen LogP contribution is 2.23. The molecule has 0 amide bonds. The minimum Gasteiger partial charge on any atom is -0.465 e. The molecule has 1 aromatic heterocycles. The first-order chi connectivity index (χ1) is 11.4. The summed E-state index contributed by atoms with van der Waals surface area (Å²) in [6.45, 7) is 0. The second kappa shape index (κ2) is 5.93. The minimum atomic E-state index is -4.20. The van der Waals surface area contributed by atoms with E-state index in [1.54, 1.807) is 12.3 Å². The summed E-state index contributed by atoms with van der Waals surface area (Å²) in [7, 11) is -3.09. The zero-order valence-corrected chi connectivity index (χ0v) is 13.2. The number of halogens is 1. The number of aromatic amines is 1. The molecule has 0 fully saturated rings. The molecule has 0 aliphatic heterocycles. The van der Waals surface area contributed by atoms with Crippen LogP contribution in [-0.2, 0) is 14.8 Å². The van der Waals surface area contributed by atoms with Gasteiger partial charge in [-0.1, -0.05) is 0 Å². The normalized spacial score (nSPS) is 11.4. The lowest BCUT2D eigenvalue weighted by molar-refractivity contribution is 0.0596. The lowest BCUT2D eigenvalue weighted by Gasteiger charge is -2.11. The first kappa shape index (κ1) is 15.9. The van der Waals surface area contributed by atoms with Crippen molar-refractivity contribution in [3.8, 4) is 0 Å². The van der Waals surface area contributed by atoms with Crippen LogP contribution >= 0.6 is 0 Å². The molecule has 3 rings (SSSR count). The molecule has 0 unspecified atom stereocenters. The van der Waals surface area contributed by atoms with Crippen molar-refractivity contribution in [1.29, 1.82) is 0 Å². The summed E-state index contributed by atoms with van der Waals surface area (Å²) in [6, 6.07) is 7.56. The number of benzene rings is 2. The van der Waals surface area contributed by atoms with Crippen molar-refractivity contribution >= 4 is 32.6 Å². The number of nitrogens with one attached hydrogen (secondary N) is 2. The molecule has 9 heteroatoms. The Labute approximate surface area is 136 Å². The van der Waals surface area contributed by atoms with E-state index in [9.17, 15) is 17.6 Å². The monoisotopic (exact) mass is 349 g/mol. The van der Waals surface area contributed by atoms with Crippen molar-refractivity contribution in [2.45, 2.75) is 4.90 Å². The van der Waals surface area contributed by atoms with Gasteiger partial charge in [-0.3, -0.25) is 9.82 Å². The maximum Gasteiger partial charge on any atom is 0.339 e. The van der Waals surface area contributed by atoms with Crippen LogP contribution < -0.4 is 4.72 Å². The first-order valence-electron chi connectivity index (χ1n) is 6.74. The molecule has 0 radical (unpaired) electrons. The standard InChI is InChI=1S/C15H12FN3O4S/c1-23-15(20)12-5-3-10(16)6-14(12)24(21,22)19-11-4-2-9-8-17-18-13(9)7-11/h2-8,19H,1H3,(H,17,18). The number of esters is 1. The molecule has 124 valence electrons. The van der Waals surface area contributed by atoms with E-state index in [0.29, 0.717) is 5.52 Å². The van der Waals surface area contributed by atoms with Crippen LogP contribution in [0.3, 0.4) is 0 Å². The molecule has 0 saturated carbocycles. The quantitative estimate of drug-likeness (QED) is 0.704. The molecule has 0 saturated heterocycles. The second-order valence-corrected chi connectivity index (χ2v) is 6.56. The molecule has 7 nitrogen and oxygen atoms in total. The molecule has 2 aromatic carbocycles. The van der Waals surface area contributed by atoms with Crippen LogP contribution in [0.1, 0.15) is 10.4 Å². The Hall–Kier alpha value is -2.94. The van der Waals surface area contributed by atoms with Gasteiger partial charge in [0.15, 0.2) is 0 Å². The number of rotatable bonds is 4. The lowest BCUT2D eigenvalue weighted by Crippen LogP contribution is -2.18. The van der Waals surface area contributed by atoms with Crippen molar-refractivity contribution in [2.75, 3.05) is 11.8 Å². The van der Waals surface area contributed by atoms with Crippen LogP contribution in [0.25, 0.3) is 10.9 Å². The Morgan fingerprint density at radius 3 is 2.79 bits per heavy atom. The number of hydrogen-bond donors (Lipinski definition) is 2. The minimum absolute atomic E-state index is 0.242. The van der Waals surface area contributed by atoms with E-state index in [1.165, 1.54) is 12.1 Å². The summed E-state index contributed by atoms with van der Waals surface area (Å²) >= 11 is 0. The fourth-order valence-corrected chi connectivity index (χ4v) is 3.46. The van der Waals surface area contributed by atoms with E-state index in [1.807, 2.05) is 0 Å². The number of anilines is 1. The third-order valence-electron chi connectivity index (χ3n) is 3.33. The molecule has 1 heterocycles. The topological polar surface area (TPSA) is 101 Å². The maximum absolute atomic E-state index is 13.5. The number of hydrogen-bond acceptors (Lipinski definition) is 5. The Morgan fingerprint density at radius 1 is 1.25 bits per heavy atom. The van der Waals surface area contributed by atoms with E-state index < -0.39 is 26.7 Å². The van der Waals surface area contributed by atoms with Gasteiger partial charge in [0.2, 0.25) is 0 Å². The molecule has 3 aromatic rings. The SMILES string of the molecule is COC(=O)c1ccc(F)cc1S(=O)(=O)Nc1ccc2cn[nH]c2c1. The van der Waals surface area contributed by atoms with Crippen LogP contribution in [0.15, 0.2) is 47.5 Å². The van der Waals surface area contributed by atoms with Crippen molar-refractivity contribution in [2.24, 2.45) is 0 Å². The van der Waals surface area contributed by atoms with Gasteiger partial charge in [0.1, 0.15) is 10.7 Å². The van der Waals surface area contributed by atoms with Crippen molar-refractivity contribution in [3.05, 3.63) is 54.0 Å². The fourth-order valence-electron chi connectivity index (χ4n) is 2.21. The third-order valence-corrected chi connectivity index (χ3v) is 4.75. The van der Waals surface area contributed by atoms with E-state index in [0.717, 1.165) is 30.7 Å². The molecular formula is C15H12FN3O4S. The van der Waals surface area contributed by atoms with Gasteiger partial charge < -0.3 is 4.74 Å². The predicted octanol–water partition coefficient (Wildman–Crippen LogP) is 2.29. The Morgan fingerprint density at radius 2 is 2.04 bits per heavy atom. The van der Waals surface area contributed by atoms with Gasteiger partial charge in [-0.05, 0) is 36.4 Å². The molecule has 0 aliphatic rings. The number of methoxy groups -OCH3 is 1. The number of fused-ring (bicyclic) bond motifs is 1. The lowest BCUT2D eigenvalue weighted by atomic mass is 10.2. The van der Waals surface area contributed by atoms with Gasteiger partial charge in [-0.25, -0.2) is 17.6 Å². The smallest absolute Gasteiger partial charge is 0.339 e. The predicted molar refractivity (Wildman–Crippen MR) is 84.6 cm³/mol. The fraction of sp³-hybridized carbons (Fsp3) is 0.0667. The molecule has 0 aliphatic carbocycles. The molecular weight excluding hydrogens is 337 g/mol. The molecule has 24 heavy (non-hydrogen) atoms. The highest BCUT2D eigenvalue weighted by atomic mass is 32.2. The first-order valence-corrected chi connectivity index (χ1v) is 8.23. The van der Waals surface area contributed by atoms with E-state index in [-0.39, 0.29) is 11.3 Å². The zero-order valence-electron chi connectivity index (χ0n) is 12.4. The number of ether oxygens (including phenoxy) is 1. The molecule has 2 N–H and O–H groups in total. The van der Waals surface area contributed by atoms with Crippen molar-refractivity contribution in [1.82, 2.24) is 10.2 Å². The van der Waals surface area contributed by atoms with Crippen LogP contribution in [0, 0.1) is 5.82 Å². The summed E-state index contributed by atoms with van der Waals surface area (Å²) in [5, 5.41) is 7.36. The van der Waals surface area contributed by atoms with Gasteiger partial charge in [0.25, 0.3) is 10.0 Å². The van der Waals surface area contributed by atoms with Gasteiger partial charge >= 0.3 is 5.97 Å². The average molecular weight is 349 g/mol. The number of sulfonamides is 1. The summed E-state index contributed by atoms with van der Waals surface area (Å²) in [5.74, 6) is -1.66. The molecule has 0 spiro atoms. The van der Waals surface area contributed by atoms with Crippen LogP contribution in [0.5, 0.6) is 0 Å². The zero-order chi connectivity index (χ0) is 17.3. The van der Waals surface area contributed by atoms with E-state index in [2.05, 4.69) is 19.7 Å². The second-order valence-electron chi connectivity index (χ2n) is 4.91. The number of aromatic nitrogens is 2. The maximum atomic E-state index is 13.5. The van der Waals surface area contributed by atoms with E-state index >= 15 is 0 Å². The largest absolute Gasteiger partial charge is 0.465 e. The van der Waals surface area contributed by atoms with Crippen LogP contribution in [-0.4, -0.2) is 31.7 Å². The highest BCUT2D eigenvalue weighted by Gasteiger charge is 2.24. The number of nitrogens with zero attached hydrogens (tertiary/aromatic N) is 1. The number of H-pyrrole nitrogens is 1. The summed E-state index contributed by atoms with van der Waals surface area (Å²) in [4.78, 5) is 11.2. The average Bonchev–Trinajstić information content (AvgIpc) is 3.01. The Kier molecular flexibility index (Phi) is 3.94. The third kappa shape index (κ3) is 2.93. The van der Waals surface area contributed by atoms with E-state index in [4.69, 9.17) is 0 Å². The summed E-state index contributed by atoms with van der Waals surface area (Å²) < 4.78 is 45.5. The Bertz CT molecular complexity index is 1030. The van der Waals surface area contributed by atoms with Gasteiger partial charge in [0, 0.05) is 5.39 Å².